The molecule has 0 aliphatic carbocycles. The summed E-state index contributed by atoms with van der Waals surface area (Å²) in [6.45, 7) is 0.101. The van der Waals surface area contributed by atoms with Gasteiger partial charge in [0, 0.05) is 7.11 Å². The molecule has 0 atom stereocenters. The van der Waals surface area contributed by atoms with Crippen molar-refractivity contribution in [3.63, 3.8) is 0 Å². The Labute approximate surface area is 94.5 Å². The molecule has 0 fully saturated rings. The van der Waals surface area contributed by atoms with Crippen LogP contribution in [0.15, 0.2) is 16.1 Å². The zero-order valence-corrected chi connectivity index (χ0v) is 9.15. The molecule has 2 aromatic rings. The molecular formula is C9H8N2O4S. The fourth-order valence-electron chi connectivity index (χ4n) is 1.18. The first-order chi connectivity index (χ1) is 7.72. The van der Waals surface area contributed by atoms with E-state index in [1.807, 2.05) is 0 Å². The van der Waals surface area contributed by atoms with Gasteiger partial charge in [0.2, 0.25) is 11.7 Å². The number of aromatic carboxylic acids is 1. The van der Waals surface area contributed by atoms with Crippen molar-refractivity contribution in [2.75, 3.05) is 7.11 Å². The van der Waals surface area contributed by atoms with Gasteiger partial charge < -0.3 is 14.3 Å². The molecule has 16 heavy (non-hydrogen) atoms. The zero-order chi connectivity index (χ0) is 11.5. The molecule has 0 spiro atoms. The van der Waals surface area contributed by atoms with Crippen LogP contribution >= 0.6 is 11.3 Å². The van der Waals surface area contributed by atoms with E-state index < -0.39 is 5.97 Å². The van der Waals surface area contributed by atoms with Crippen LogP contribution in [-0.4, -0.2) is 28.2 Å². The lowest BCUT2D eigenvalue weighted by Gasteiger charge is -1.92. The third-order valence-electron chi connectivity index (χ3n) is 1.82. The van der Waals surface area contributed by atoms with E-state index in [2.05, 4.69) is 9.97 Å². The summed E-state index contributed by atoms with van der Waals surface area (Å²) in [4.78, 5) is 19.5. The molecule has 2 rings (SSSR count). The van der Waals surface area contributed by atoms with Gasteiger partial charge in [0.15, 0.2) is 0 Å². The molecule has 6 nitrogen and oxygen atoms in total. The Morgan fingerprint density at radius 1 is 1.69 bits per heavy atom. The Balaban J connectivity index is 2.42. The van der Waals surface area contributed by atoms with Gasteiger partial charge in [-0.05, 0) is 0 Å². The molecule has 1 N–H and O–H groups in total. The van der Waals surface area contributed by atoms with Gasteiger partial charge in [0.1, 0.15) is 10.6 Å². The average molecular weight is 240 g/mol. The topological polar surface area (TPSA) is 85.5 Å². The van der Waals surface area contributed by atoms with Crippen molar-refractivity contribution in [3.05, 3.63) is 23.2 Å². The van der Waals surface area contributed by atoms with Gasteiger partial charge in [-0.25, -0.2) is 9.78 Å². The van der Waals surface area contributed by atoms with Crippen LogP contribution in [0.5, 0.6) is 0 Å². The molecule has 0 saturated carbocycles. The van der Waals surface area contributed by atoms with E-state index in [4.69, 9.17) is 14.3 Å². The van der Waals surface area contributed by atoms with Crippen LogP contribution < -0.4 is 0 Å². The van der Waals surface area contributed by atoms with Gasteiger partial charge in [-0.15, -0.1) is 11.3 Å². The number of hydrogen-bond donors (Lipinski definition) is 1. The number of carboxylic acids is 1. The number of aromatic nitrogens is 2. The smallest absolute Gasteiger partial charge is 0.373 e. The van der Waals surface area contributed by atoms with Crippen LogP contribution in [-0.2, 0) is 11.3 Å². The van der Waals surface area contributed by atoms with Crippen LogP contribution in [0.1, 0.15) is 16.2 Å². The van der Waals surface area contributed by atoms with Gasteiger partial charge in [0.25, 0.3) is 0 Å². The summed E-state index contributed by atoms with van der Waals surface area (Å²) in [5, 5.41) is 8.90. The molecule has 0 aromatic carbocycles. The van der Waals surface area contributed by atoms with Crippen molar-refractivity contribution < 1.29 is 19.1 Å². The van der Waals surface area contributed by atoms with Crippen molar-refractivity contribution in [1.82, 2.24) is 9.97 Å². The molecule has 0 aliphatic rings. The predicted molar refractivity (Wildman–Crippen MR) is 55.3 cm³/mol. The normalized spacial score (nSPS) is 10.6. The van der Waals surface area contributed by atoms with Gasteiger partial charge >= 0.3 is 5.97 Å². The highest BCUT2D eigenvalue weighted by atomic mass is 32.1. The number of methoxy groups -OCH3 is 1. The summed E-state index contributed by atoms with van der Waals surface area (Å²) in [6.07, 6.45) is 1.57. The van der Waals surface area contributed by atoms with Crippen molar-refractivity contribution in [1.29, 1.82) is 0 Å². The molecule has 2 aromatic heterocycles. The van der Waals surface area contributed by atoms with E-state index in [9.17, 15) is 4.79 Å². The van der Waals surface area contributed by atoms with E-state index in [0.717, 1.165) is 0 Å². The Morgan fingerprint density at radius 2 is 2.50 bits per heavy atom. The zero-order valence-electron chi connectivity index (χ0n) is 8.34. The first kappa shape index (κ1) is 10.8. The number of carbonyl (C=O) groups is 1. The van der Waals surface area contributed by atoms with E-state index in [0.29, 0.717) is 4.88 Å². The Bertz CT molecular complexity index is 492. The number of carboxylic acid groups (broad SMARTS) is 1. The molecule has 7 heteroatoms. The number of rotatable bonds is 4. The highest BCUT2D eigenvalue weighted by Crippen LogP contribution is 2.25. The maximum atomic E-state index is 10.9. The number of oxazole rings is 1. The highest BCUT2D eigenvalue weighted by molar-refractivity contribution is 7.13. The first-order valence-corrected chi connectivity index (χ1v) is 5.21. The molecule has 2 heterocycles. The number of thiazole rings is 1. The highest BCUT2D eigenvalue weighted by Gasteiger charge is 2.20. The van der Waals surface area contributed by atoms with Crippen LogP contribution in [0, 0.1) is 0 Å². The van der Waals surface area contributed by atoms with Crippen molar-refractivity contribution in [2.24, 2.45) is 0 Å². The van der Waals surface area contributed by atoms with E-state index in [1.165, 1.54) is 18.4 Å². The second-order valence-electron chi connectivity index (χ2n) is 2.90. The largest absolute Gasteiger partial charge is 0.475 e. The number of ether oxygens (including phenoxy) is 1. The maximum absolute atomic E-state index is 10.9. The van der Waals surface area contributed by atoms with Crippen LogP contribution in [0.4, 0.5) is 0 Å². The molecule has 0 saturated heterocycles. The van der Waals surface area contributed by atoms with Gasteiger partial charge in [0.05, 0.1) is 18.3 Å². The fraction of sp³-hybridized carbons (Fsp3) is 0.222. The minimum atomic E-state index is -1.16. The van der Waals surface area contributed by atoms with Crippen molar-refractivity contribution in [3.8, 4) is 10.8 Å². The predicted octanol–water partition coefficient (Wildman–Crippen LogP) is 1.64. The first-order valence-electron chi connectivity index (χ1n) is 4.33. The third-order valence-corrected chi connectivity index (χ3v) is 2.58. The number of nitrogens with zero attached hydrogens (tertiary/aromatic N) is 2. The summed E-state index contributed by atoms with van der Waals surface area (Å²) in [7, 11) is 1.46. The van der Waals surface area contributed by atoms with Gasteiger partial charge in [-0.2, -0.15) is 0 Å². The SMILES string of the molecule is COCc1nc(-c2cncs2)oc1C(=O)O. The minimum Gasteiger partial charge on any atom is -0.475 e. The lowest BCUT2D eigenvalue weighted by atomic mass is 10.3. The van der Waals surface area contributed by atoms with Crippen molar-refractivity contribution >= 4 is 17.3 Å². The van der Waals surface area contributed by atoms with E-state index >= 15 is 0 Å². The third kappa shape index (κ3) is 1.95. The number of hydrogen-bond acceptors (Lipinski definition) is 6. The molecule has 0 amide bonds. The molecule has 0 bridgehead atoms. The van der Waals surface area contributed by atoms with E-state index in [-0.39, 0.29) is 24.0 Å². The summed E-state index contributed by atoms with van der Waals surface area (Å²) in [5.74, 6) is -1.09. The second kappa shape index (κ2) is 4.42. The van der Waals surface area contributed by atoms with Crippen LogP contribution in [0.2, 0.25) is 0 Å². The van der Waals surface area contributed by atoms with Crippen molar-refractivity contribution in [2.45, 2.75) is 6.61 Å². The molecule has 0 radical (unpaired) electrons. The fourth-order valence-corrected chi connectivity index (χ4v) is 1.73. The summed E-state index contributed by atoms with van der Waals surface area (Å²) >= 11 is 1.33. The van der Waals surface area contributed by atoms with Gasteiger partial charge in [-0.1, -0.05) is 0 Å². The Morgan fingerprint density at radius 3 is 3.06 bits per heavy atom. The van der Waals surface area contributed by atoms with Crippen LogP contribution in [0.25, 0.3) is 10.8 Å². The lowest BCUT2D eigenvalue weighted by molar-refractivity contribution is 0.0656. The summed E-state index contributed by atoms with van der Waals surface area (Å²) < 4.78 is 10.0. The Hall–Kier alpha value is -1.73. The molecule has 84 valence electrons. The van der Waals surface area contributed by atoms with E-state index in [1.54, 1.807) is 11.7 Å². The molecule has 0 aliphatic heterocycles. The minimum absolute atomic E-state index is 0.101. The summed E-state index contributed by atoms with van der Waals surface area (Å²) in [6, 6.07) is 0. The second-order valence-corrected chi connectivity index (χ2v) is 3.79. The standard InChI is InChI=1S/C9H8N2O4S/c1-14-3-5-7(9(12)13)15-8(11-5)6-2-10-4-16-6/h2,4H,3H2,1H3,(H,12,13). The molecular weight excluding hydrogens is 232 g/mol. The Kier molecular flexibility index (Phi) is 2.97. The maximum Gasteiger partial charge on any atom is 0.373 e. The summed E-state index contributed by atoms with van der Waals surface area (Å²) in [5.41, 5.74) is 1.90. The molecule has 0 unspecified atom stereocenters. The lowest BCUT2D eigenvalue weighted by Crippen LogP contribution is -2.00. The van der Waals surface area contributed by atoms with Crippen LogP contribution in [0.3, 0.4) is 0 Å². The monoisotopic (exact) mass is 240 g/mol. The van der Waals surface area contributed by atoms with Gasteiger partial charge in [-0.3, -0.25) is 4.98 Å². The average Bonchev–Trinajstić information content (AvgIpc) is 2.83. The quantitative estimate of drug-likeness (QED) is 0.874.